The summed E-state index contributed by atoms with van der Waals surface area (Å²) in [6.07, 6.45) is -2.76. The Kier molecular flexibility index (Phi) is 6.64. The lowest BCUT2D eigenvalue weighted by Crippen LogP contribution is -2.44. The summed E-state index contributed by atoms with van der Waals surface area (Å²) in [6.45, 7) is 10.6. The number of ether oxygens (including phenoxy) is 4. The minimum atomic E-state index is -0.805. The van der Waals surface area contributed by atoms with E-state index >= 15 is 0 Å². The first-order chi connectivity index (χ1) is 10.4. The molecule has 0 aromatic heterocycles. The van der Waals surface area contributed by atoms with E-state index in [1.54, 1.807) is 41.5 Å². The fourth-order valence-corrected chi connectivity index (χ4v) is 2.39. The number of alkyl halides is 1. The number of carbonyl (C=O) groups excluding carboxylic acids is 2. The van der Waals surface area contributed by atoms with Gasteiger partial charge in [-0.3, -0.25) is 9.59 Å². The minimum Gasteiger partial charge on any atom is -0.455 e. The molecule has 1 aliphatic heterocycles. The molecule has 0 aromatic rings. The van der Waals surface area contributed by atoms with Crippen LogP contribution in [-0.4, -0.2) is 49.0 Å². The van der Waals surface area contributed by atoms with Crippen LogP contribution in [0.3, 0.4) is 0 Å². The number of esters is 2. The molecule has 1 saturated heterocycles. The van der Waals surface area contributed by atoms with Gasteiger partial charge in [-0.15, -0.1) is 0 Å². The third-order valence-electron chi connectivity index (χ3n) is 3.36. The highest BCUT2D eigenvalue weighted by molar-refractivity contribution is 9.09. The second-order valence-electron chi connectivity index (χ2n) is 7.67. The fourth-order valence-electron chi connectivity index (χ4n) is 1.87. The van der Waals surface area contributed by atoms with Gasteiger partial charge in [-0.2, -0.15) is 0 Å². The van der Waals surface area contributed by atoms with E-state index in [0.29, 0.717) is 5.33 Å². The van der Waals surface area contributed by atoms with Crippen molar-refractivity contribution < 1.29 is 28.5 Å². The van der Waals surface area contributed by atoms with E-state index in [1.165, 1.54) is 7.11 Å². The second-order valence-corrected chi connectivity index (χ2v) is 8.32. The fraction of sp³-hybridized carbons (Fsp3) is 0.875. The van der Waals surface area contributed by atoms with Gasteiger partial charge in [0.05, 0.1) is 10.8 Å². The Balaban J connectivity index is 2.99. The molecule has 0 radical (unpaired) electrons. The molecule has 0 aromatic carbocycles. The summed E-state index contributed by atoms with van der Waals surface area (Å²) >= 11 is 3.33. The molecule has 4 atom stereocenters. The molecule has 1 aliphatic rings. The Hall–Kier alpha value is -0.660. The first-order valence-electron chi connectivity index (χ1n) is 7.58. The van der Waals surface area contributed by atoms with Crippen molar-refractivity contribution in [3.05, 3.63) is 0 Å². The van der Waals surface area contributed by atoms with Gasteiger partial charge in [0, 0.05) is 12.4 Å². The lowest BCUT2D eigenvalue weighted by Gasteiger charge is -2.28. The number of halogens is 1. The quantitative estimate of drug-likeness (QED) is 0.539. The Morgan fingerprint density at radius 1 is 0.957 bits per heavy atom. The van der Waals surface area contributed by atoms with E-state index in [2.05, 4.69) is 15.9 Å². The van der Waals surface area contributed by atoms with Crippen LogP contribution in [0.4, 0.5) is 0 Å². The predicted molar refractivity (Wildman–Crippen MR) is 88.1 cm³/mol. The van der Waals surface area contributed by atoms with E-state index in [0.717, 1.165) is 0 Å². The van der Waals surface area contributed by atoms with Crippen LogP contribution in [0, 0.1) is 10.8 Å². The van der Waals surface area contributed by atoms with Crippen molar-refractivity contribution in [3.8, 4) is 0 Å². The number of carbonyl (C=O) groups is 2. The molecule has 0 saturated carbocycles. The first kappa shape index (κ1) is 20.4. The Morgan fingerprint density at radius 3 is 1.74 bits per heavy atom. The molecule has 0 N–H and O–H groups in total. The molecule has 0 spiro atoms. The van der Waals surface area contributed by atoms with E-state index in [1.807, 2.05) is 0 Å². The lowest BCUT2D eigenvalue weighted by molar-refractivity contribution is -0.190. The van der Waals surface area contributed by atoms with Crippen molar-refractivity contribution in [1.29, 1.82) is 0 Å². The molecule has 1 fully saturated rings. The normalized spacial score (nSPS) is 28.5. The van der Waals surface area contributed by atoms with Gasteiger partial charge in [0.15, 0.2) is 18.5 Å². The Morgan fingerprint density at radius 2 is 1.39 bits per heavy atom. The van der Waals surface area contributed by atoms with Gasteiger partial charge < -0.3 is 18.9 Å². The number of hydrogen-bond donors (Lipinski definition) is 0. The van der Waals surface area contributed by atoms with Crippen LogP contribution >= 0.6 is 15.9 Å². The maximum atomic E-state index is 12.2. The van der Waals surface area contributed by atoms with Gasteiger partial charge in [-0.05, 0) is 41.5 Å². The van der Waals surface area contributed by atoms with Crippen LogP contribution in [0.2, 0.25) is 0 Å². The summed E-state index contributed by atoms with van der Waals surface area (Å²) in [5.74, 6) is -0.786. The van der Waals surface area contributed by atoms with Crippen LogP contribution in [-0.2, 0) is 28.5 Å². The first-order valence-corrected chi connectivity index (χ1v) is 8.70. The highest BCUT2D eigenvalue weighted by Crippen LogP contribution is 2.32. The SMILES string of the molecule is CO[C@H]1O[C@H](CBr)[C@@H](OC(=O)C(C)(C)C)[C@H]1OC(=O)C(C)(C)C. The predicted octanol–water partition coefficient (Wildman–Crippen LogP) is 2.67. The van der Waals surface area contributed by atoms with E-state index in [9.17, 15) is 9.59 Å². The zero-order valence-electron chi connectivity index (χ0n) is 14.8. The van der Waals surface area contributed by atoms with Crippen molar-refractivity contribution >= 4 is 27.9 Å². The van der Waals surface area contributed by atoms with Crippen LogP contribution < -0.4 is 0 Å². The van der Waals surface area contributed by atoms with Gasteiger partial charge >= 0.3 is 11.9 Å². The topological polar surface area (TPSA) is 71.1 Å². The molecule has 7 heteroatoms. The Bertz CT molecular complexity index is 397. The lowest BCUT2D eigenvalue weighted by atomic mass is 9.96. The van der Waals surface area contributed by atoms with Crippen molar-refractivity contribution in [1.82, 2.24) is 0 Å². The Labute approximate surface area is 146 Å². The summed E-state index contributed by atoms with van der Waals surface area (Å²) in [7, 11) is 1.46. The number of hydrogen-bond acceptors (Lipinski definition) is 6. The molecule has 134 valence electrons. The smallest absolute Gasteiger partial charge is 0.311 e. The number of rotatable bonds is 4. The molecule has 0 amide bonds. The van der Waals surface area contributed by atoms with Gasteiger partial charge in [0.1, 0.15) is 6.10 Å². The minimum absolute atomic E-state index is 0.384. The average Bonchev–Trinajstić information content (AvgIpc) is 2.74. The maximum absolute atomic E-state index is 12.2. The van der Waals surface area contributed by atoms with Crippen LogP contribution in [0.15, 0.2) is 0 Å². The van der Waals surface area contributed by atoms with Crippen LogP contribution in [0.25, 0.3) is 0 Å². The summed E-state index contributed by atoms with van der Waals surface area (Å²) in [5.41, 5.74) is -1.34. The molecular formula is C16H27BrO6. The van der Waals surface area contributed by atoms with E-state index in [4.69, 9.17) is 18.9 Å². The monoisotopic (exact) mass is 394 g/mol. The molecule has 0 aliphatic carbocycles. The standard InChI is InChI=1S/C16H27BrO6/c1-15(2,3)13(18)22-10-9(8-17)21-12(20-7)11(10)23-14(19)16(4,5)6/h9-12H,8H2,1-7H3/t9-,10-,11-,12+/m1/s1. The van der Waals surface area contributed by atoms with Crippen molar-refractivity contribution in [2.24, 2.45) is 10.8 Å². The van der Waals surface area contributed by atoms with Gasteiger partial charge in [0.25, 0.3) is 0 Å². The van der Waals surface area contributed by atoms with Crippen LogP contribution in [0.5, 0.6) is 0 Å². The van der Waals surface area contributed by atoms with Crippen molar-refractivity contribution in [2.45, 2.75) is 66.1 Å². The van der Waals surface area contributed by atoms with E-state index < -0.39 is 41.4 Å². The molecule has 0 bridgehead atoms. The van der Waals surface area contributed by atoms with E-state index in [-0.39, 0.29) is 5.97 Å². The number of methoxy groups -OCH3 is 1. The zero-order chi connectivity index (χ0) is 18.0. The van der Waals surface area contributed by atoms with Gasteiger partial charge in [-0.1, -0.05) is 15.9 Å². The summed E-state index contributed by atoms with van der Waals surface area (Å²) in [5, 5.41) is 0.429. The molecule has 6 nitrogen and oxygen atoms in total. The molecule has 1 rings (SSSR count). The molecule has 23 heavy (non-hydrogen) atoms. The molecule has 1 heterocycles. The highest BCUT2D eigenvalue weighted by atomic mass is 79.9. The third-order valence-corrected chi connectivity index (χ3v) is 4.00. The van der Waals surface area contributed by atoms with Crippen molar-refractivity contribution in [2.75, 3.05) is 12.4 Å². The summed E-state index contributed by atoms with van der Waals surface area (Å²) < 4.78 is 22.1. The van der Waals surface area contributed by atoms with Gasteiger partial charge in [0.2, 0.25) is 0 Å². The third kappa shape index (κ3) is 5.16. The summed E-state index contributed by atoms with van der Waals surface area (Å²) in [4.78, 5) is 24.5. The zero-order valence-corrected chi connectivity index (χ0v) is 16.4. The van der Waals surface area contributed by atoms with Crippen LogP contribution in [0.1, 0.15) is 41.5 Å². The molecule has 0 unspecified atom stereocenters. The van der Waals surface area contributed by atoms with Gasteiger partial charge in [-0.25, -0.2) is 0 Å². The highest BCUT2D eigenvalue weighted by Gasteiger charge is 2.51. The largest absolute Gasteiger partial charge is 0.455 e. The van der Waals surface area contributed by atoms with Crippen molar-refractivity contribution in [3.63, 3.8) is 0 Å². The molecular weight excluding hydrogens is 368 g/mol. The average molecular weight is 395 g/mol. The second kappa shape index (κ2) is 7.49. The maximum Gasteiger partial charge on any atom is 0.311 e. The summed E-state index contributed by atoms with van der Waals surface area (Å²) in [6, 6.07) is 0.